The highest BCUT2D eigenvalue weighted by Gasteiger charge is 2.38. The molecule has 0 unspecified atom stereocenters. The summed E-state index contributed by atoms with van der Waals surface area (Å²) in [5.74, 6) is -1.17. The summed E-state index contributed by atoms with van der Waals surface area (Å²) < 4.78 is 41.7. The van der Waals surface area contributed by atoms with Crippen LogP contribution in [0.3, 0.4) is 0 Å². The SMILES string of the molecule is CCN(Cc1ccc(-c2noc(C(F)(F)F)n2)cc1)C(=O)C1CCC1. The lowest BCUT2D eigenvalue weighted by Gasteiger charge is -2.31. The first-order chi connectivity index (χ1) is 11.9. The molecule has 1 aliphatic carbocycles. The fourth-order valence-corrected chi connectivity index (χ4v) is 2.69. The Hall–Kier alpha value is -2.38. The maximum Gasteiger partial charge on any atom is 0.471 e. The molecule has 1 saturated carbocycles. The molecule has 134 valence electrons. The van der Waals surface area contributed by atoms with Crippen molar-refractivity contribution in [2.24, 2.45) is 5.92 Å². The van der Waals surface area contributed by atoms with Crippen LogP contribution in [0.15, 0.2) is 28.8 Å². The second-order valence-corrected chi connectivity index (χ2v) is 6.10. The van der Waals surface area contributed by atoms with Crippen molar-refractivity contribution in [3.63, 3.8) is 0 Å². The molecule has 5 nitrogen and oxygen atoms in total. The van der Waals surface area contributed by atoms with Crippen LogP contribution in [0.2, 0.25) is 0 Å². The Kier molecular flexibility index (Phi) is 4.78. The number of carbonyl (C=O) groups is 1. The number of hydrogen-bond acceptors (Lipinski definition) is 4. The molecule has 3 rings (SSSR count). The molecule has 0 aliphatic heterocycles. The minimum Gasteiger partial charge on any atom is -0.338 e. The lowest BCUT2D eigenvalue weighted by Crippen LogP contribution is -2.38. The predicted molar refractivity (Wildman–Crippen MR) is 83.2 cm³/mol. The quantitative estimate of drug-likeness (QED) is 0.818. The van der Waals surface area contributed by atoms with E-state index >= 15 is 0 Å². The van der Waals surface area contributed by atoms with Crippen LogP contribution in [0, 0.1) is 5.92 Å². The Labute approximate surface area is 142 Å². The van der Waals surface area contributed by atoms with Crippen molar-refractivity contribution in [1.29, 1.82) is 0 Å². The molecule has 0 radical (unpaired) electrons. The number of nitrogens with zero attached hydrogens (tertiary/aromatic N) is 3. The number of hydrogen-bond donors (Lipinski definition) is 0. The van der Waals surface area contributed by atoms with Crippen molar-refractivity contribution in [2.45, 2.75) is 38.9 Å². The summed E-state index contributed by atoms with van der Waals surface area (Å²) in [6.45, 7) is 3.03. The van der Waals surface area contributed by atoms with Crippen LogP contribution in [0.1, 0.15) is 37.6 Å². The molecule has 1 aliphatic rings. The van der Waals surface area contributed by atoms with E-state index in [0.29, 0.717) is 18.7 Å². The van der Waals surface area contributed by atoms with Crippen molar-refractivity contribution < 1.29 is 22.5 Å². The molecule has 8 heteroatoms. The first-order valence-corrected chi connectivity index (χ1v) is 8.17. The van der Waals surface area contributed by atoms with Gasteiger partial charge >= 0.3 is 12.1 Å². The Balaban J connectivity index is 1.69. The largest absolute Gasteiger partial charge is 0.471 e. The third-order valence-corrected chi connectivity index (χ3v) is 4.40. The summed E-state index contributed by atoms with van der Waals surface area (Å²) in [6.07, 6.45) is -1.65. The summed E-state index contributed by atoms with van der Waals surface area (Å²) in [7, 11) is 0. The van der Waals surface area contributed by atoms with E-state index in [1.807, 2.05) is 6.92 Å². The Morgan fingerprint density at radius 1 is 1.28 bits per heavy atom. The maximum absolute atomic E-state index is 12.5. The van der Waals surface area contributed by atoms with Crippen LogP contribution in [-0.4, -0.2) is 27.5 Å². The van der Waals surface area contributed by atoms with Crippen molar-refractivity contribution in [3.05, 3.63) is 35.7 Å². The Morgan fingerprint density at radius 2 is 1.96 bits per heavy atom. The summed E-state index contributed by atoms with van der Waals surface area (Å²) in [5, 5.41) is 3.36. The van der Waals surface area contributed by atoms with E-state index in [0.717, 1.165) is 24.8 Å². The van der Waals surface area contributed by atoms with Gasteiger partial charge in [0.05, 0.1) is 0 Å². The monoisotopic (exact) mass is 353 g/mol. The van der Waals surface area contributed by atoms with E-state index < -0.39 is 12.1 Å². The van der Waals surface area contributed by atoms with Crippen LogP contribution in [0.4, 0.5) is 13.2 Å². The third kappa shape index (κ3) is 3.83. The second-order valence-electron chi connectivity index (χ2n) is 6.10. The number of carbonyl (C=O) groups excluding carboxylic acids is 1. The molecule has 2 aromatic rings. The van der Waals surface area contributed by atoms with Gasteiger partial charge in [-0.1, -0.05) is 35.8 Å². The Morgan fingerprint density at radius 3 is 2.44 bits per heavy atom. The number of amides is 1. The average molecular weight is 353 g/mol. The molecule has 0 saturated heterocycles. The maximum atomic E-state index is 12.5. The standard InChI is InChI=1S/C17H18F3N3O2/c1-2-23(15(24)13-4-3-5-13)10-11-6-8-12(9-7-11)14-21-16(25-22-14)17(18,19)20/h6-9,13H,2-5,10H2,1H3. The first-order valence-electron chi connectivity index (χ1n) is 8.17. The molecule has 0 N–H and O–H groups in total. The molecule has 0 spiro atoms. The molecule has 0 atom stereocenters. The summed E-state index contributed by atoms with van der Waals surface area (Å²) in [5.41, 5.74) is 1.33. The van der Waals surface area contributed by atoms with Gasteiger partial charge in [0.15, 0.2) is 0 Å². The number of benzene rings is 1. The Bertz CT molecular complexity index is 736. The van der Waals surface area contributed by atoms with E-state index in [4.69, 9.17) is 0 Å². The fourth-order valence-electron chi connectivity index (χ4n) is 2.69. The van der Waals surface area contributed by atoms with Crippen molar-refractivity contribution in [2.75, 3.05) is 6.54 Å². The van der Waals surface area contributed by atoms with Crippen LogP contribution in [-0.2, 0) is 17.5 Å². The number of aromatic nitrogens is 2. The topological polar surface area (TPSA) is 59.2 Å². The van der Waals surface area contributed by atoms with E-state index in [1.54, 1.807) is 29.2 Å². The molecule has 0 bridgehead atoms. The fraction of sp³-hybridized carbons (Fsp3) is 0.471. The third-order valence-electron chi connectivity index (χ3n) is 4.40. The summed E-state index contributed by atoms with van der Waals surface area (Å²) in [4.78, 5) is 17.5. The summed E-state index contributed by atoms with van der Waals surface area (Å²) >= 11 is 0. The lowest BCUT2D eigenvalue weighted by atomic mass is 9.84. The van der Waals surface area contributed by atoms with Gasteiger partial charge in [0.1, 0.15) is 0 Å². The molecular weight excluding hydrogens is 335 g/mol. The number of rotatable bonds is 5. The van der Waals surface area contributed by atoms with Crippen LogP contribution in [0.25, 0.3) is 11.4 Å². The zero-order valence-corrected chi connectivity index (χ0v) is 13.7. The van der Waals surface area contributed by atoms with Gasteiger partial charge in [0.2, 0.25) is 11.7 Å². The van der Waals surface area contributed by atoms with Gasteiger partial charge in [-0.25, -0.2) is 0 Å². The second kappa shape index (κ2) is 6.85. The lowest BCUT2D eigenvalue weighted by molar-refractivity contribution is -0.159. The highest BCUT2D eigenvalue weighted by molar-refractivity contribution is 5.79. The zero-order valence-electron chi connectivity index (χ0n) is 13.7. The van der Waals surface area contributed by atoms with Gasteiger partial charge in [-0.2, -0.15) is 18.2 Å². The molecular formula is C17H18F3N3O2. The van der Waals surface area contributed by atoms with Gasteiger partial charge in [-0.15, -0.1) is 0 Å². The zero-order chi connectivity index (χ0) is 18.0. The molecule has 1 heterocycles. The summed E-state index contributed by atoms with van der Waals surface area (Å²) in [6, 6.07) is 6.77. The minimum absolute atomic E-state index is 0.114. The van der Waals surface area contributed by atoms with E-state index in [-0.39, 0.29) is 17.6 Å². The van der Waals surface area contributed by atoms with Gasteiger partial charge in [0.25, 0.3) is 0 Å². The predicted octanol–water partition coefficient (Wildman–Crippen LogP) is 3.90. The van der Waals surface area contributed by atoms with Crippen LogP contribution >= 0.6 is 0 Å². The van der Waals surface area contributed by atoms with E-state index in [2.05, 4.69) is 14.7 Å². The van der Waals surface area contributed by atoms with E-state index in [9.17, 15) is 18.0 Å². The van der Waals surface area contributed by atoms with Gasteiger partial charge in [-0.3, -0.25) is 4.79 Å². The average Bonchev–Trinajstić information content (AvgIpc) is 3.01. The smallest absolute Gasteiger partial charge is 0.338 e. The number of alkyl halides is 3. The van der Waals surface area contributed by atoms with E-state index in [1.165, 1.54) is 0 Å². The van der Waals surface area contributed by atoms with Crippen LogP contribution < -0.4 is 0 Å². The number of halogens is 3. The highest BCUT2D eigenvalue weighted by Crippen LogP contribution is 2.30. The molecule has 25 heavy (non-hydrogen) atoms. The molecule has 1 aromatic heterocycles. The van der Waals surface area contributed by atoms with Gasteiger partial charge in [-0.05, 0) is 25.3 Å². The highest BCUT2D eigenvalue weighted by atomic mass is 19.4. The molecule has 1 aromatic carbocycles. The van der Waals surface area contributed by atoms with Gasteiger partial charge in [0, 0.05) is 24.6 Å². The van der Waals surface area contributed by atoms with Crippen LogP contribution in [0.5, 0.6) is 0 Å². The molecule has 1 amide bonds. The van der Waals surface area contributed by atoms with Crippen molar-refractivity contribution in [1.82, 2.24) is 15.0 Å². The van der Waals surface area contributed by atoms with Gasteiger partial charge < -0.3 is 9.42 Å². The first kappa shape index (κ1) is 17.4. The normalized spacial score (nSPS) is 15.0. The minimum atomic E-state index is -4.66. The van der Waals surface area contributed by atoms with Crippen molar-refractivity contribution in [3.8, 4) is 11.4 Å². The molecule has 1 fully saturated rings. The van der Waals surface area contributed by atoms with Crippen molar-refractivity contribution >= 4 is 5.91 Å².